The van der Waals surface area contributed by atoms with Crippen LogP contribution in [-0.4, -0.2) is 35.2 Å². The number of pyridine rings is 1. The summed E-state index contributed by atoms with van der Waals surface area (Å²) in [6, 6.07) is 8.01. The summed E-state index contributed by atoms with van der Waals surface area (Å²) in [5, 5.41) is 3.14. The summed E-state index contributed by atoms with van der Waals surface area (Å²) in [7, 11) is 1.59. The summed E-state index contributed by atoms with van der Waals surface area (Å²) in [6.45, 7) is 0.630. The molecule has 0 aromatic carbocycles. The van der Waals surface area contributed by atoms with Gasteiger partial charge in [0.2, 0.25) is 5.88 Å². The van der Waals surface area contributed by atoms with Gasteiger partial charge in [-0.3, -0.25) is 4.79 Å². The SMILES string of the molecule is COc1ccc([C@H]2OCC[C@@H]2NC(=O)c2cccn2C2CC2)cn1. The summed E-state index contributed by atoms with van der Waals surface area (Å²) in [6.07, 6.45) is 6.68. The highest BCUT2D eigenvalue weighted by Gasteiger charge is 2.33. The number of carbonyl (C=O) groups is 1. The van der Waals surface area contributed by atoms with E-state index in [0.717, 1.165) is 30.5 Å². The van der Waals surface area contributed by atoms with Crippen molar-refractivity contribution in [1.29, 1.82) is 0 Å². The topological polar surface area (TPSA) is 65.4 Å². The van der Waals surface area contributed by atoms with E-state index in [-0.39, 0.29) is 18.1 Å². The van der Waals surface area contributed by atoms with Crippen LogP contribution in [0.2, 0.25) is 0 Å². The highest BCUT2D eigenvalue weighted by atomic mass is 16.5. The van der Waals surface area contributed by atoms with Crippen molar-refractivity contribution in [1.82, 2.24) is 14.9 Å². The van der Waals surface area contributed by atoms with E-state index in [0.29, 0.717) is 18.5 Å². The molecule has 2 aliphatic rings. The lowest BCUT2D eigenvalue weighted by Gasteiger charge is -2.20. The van der Waals surface area contributed by atoms with Gasteiger partial charge < -0.3 is 19.4 Å². The monoisotopic (exact) mass is 327 g/mol. The molecule has 1 aliphatic carbocycles. The lowest BCUT2D eigenvalue weighted by atomic mass is 10.0. The first kappa shape index (κ1) is 15.2. The molecule has 126 valence electrons. The summed E-state index contributed by atoms with van der Waals surface area (Å²) in [5.74, 6) is 0.536. The third-order valence-corrected chi connectivity index (χ3v) is 4.66. The Kier molecular flexibility index (Phi) is 3.98. The maximum atomic E-state index is 12.7. The van der Waals surface area contributed by atoms with Gasteiger partial charge in [0, 0.05) is 36.7 Å². The zero-order chi connectivity index (χ0) is 16.5. The van der Waals surface area contributed by atoms with E-state index in [9.17, 15) is 4.79 Å². The standard InChI is InChI=1S/C18H21N3O3/c1-23-16-7-4-12(11-19-16)17-14(8-10-24-17)20-18(22)15-3-2-9-21(15)13-5-6-13/h2-4,7,9,11,13-14,17H,5-6,8,10H2,1H3,(H,20,22)/t14-,17+/m0/s1. The molecule has 3 heterocycles. The zero-order valence-corrected chi connectivity index (χ0v) is 13.6. The van der Waals surface area contributed by atoms with Crippen LogP contribution in [0.3, 0.4) is 0 Å². The Morgan fingerprint density at radius 1 is 1.33 bits per heavy atom. The molecule has 6 heteroatoms. The van der Waals surface area contributed by atoms with Crippen LogP contribution < -0.4 is 10.1 Å². The fourth-order valence-corrected chi connectivity index (χ4v) is 3.25. The number of amides is 1. The molecule has 1 amide bonds. The lowest BCUT2D eigenvalue weighted by molar-refractivity contribution is 0.0813. The van der Waals surface area contributed by atoms with Gasteiger partial charge in [-0.25, -0.2) is 4.98 Å². The van der Waals surface area contributed by atoms with Gasteiger partial charge in [-0.1, -0.05) is 0 Å². The fraction of sp³-hybridized carbons (Fsp3) is 0.444. The predicted octanol–water partition coefficient (Wildman–Crippen LogP) is 2.49. The second kappa shape index (κ2) is 6.28. The van der Waals surface area contributed by atoms with Crippen LogP contribution in [0.25, 0.3) is 0 Å². The Labute approximate surface area is 140 Å². The summed E-state index contributed by atoms with van der Waals surface area (Å²) in [5.41, 5.74) is 1.69. The van der Waals surface area contributed by atoms with Gasteiger partial charge in [-0.2, -0.15) is 0 Å². The van der Waals surface area contributed by atoms with Crippen LogP contribution in [0.1, 0.15) is 47.5 Å². The fourth-order valence-electron chi connectivity index (χ4n) is 3.25. The second-order valence-corrected chi connectivity index (χ2v) is 6.33. The van der Waals surface area contributed by atoms with Crippen molar-refractivity contribution in [3.8, 4) is 5.88 Å². The molecule has 0 spiro atoms. The summed E-state index contributed by atoms with van der Waals surface area (Å²) < 4.78 is 13.0. The predicted molar refractivity (Wildman–Crippen MR) is 88.1 cm³/mol. The van der Waals surface area contributed by atoms with Crippen molar-refractivity contribution >= 4 is 5.91 Å². The first-order valence-electron chi connectivity index (χ1n) is 8.35. The second-order valence-electron chi connectivity index (χ2n) is 6.33. The van der Waals surface area contributed by atoms with Gasteiger partial charge in [0.15, 0.2) is 0 Å². The van der Waals surface area contributed by atoms with Gasteiger partial charge in [-0.05, 0) is 37.5 Å². The maximum Gasteiger partial charge on any atom is 0.268 e. The molecule has 24 heavy (non-hydrogen) atoms. The quantitative estimate of drug-likeness (QED) is 0.916. The molecule has 6 nitrogen and oxygen atoms in total. The van der Waals surface area contributed by atoms with E-state index in [2.05, 4.69) is 14.9 Å². The highest BCUT2D eigenvalue weighted by molar-refractivity contribution is 5.93. The number of hydrogen-bond donors (Lipinski definition) is 1. The van der Waals surface area contributed by atoms with Gasteiger partial charge in [0.1, 0.15) is 11.8 Å². The van der Waals surface area contributed by atoms with Crippen molar-refractivity contribution in [3.05, 3.63) is 47.9 Å². The Morgan fingerprint density at radius 3 is 2.92 bits per heavy atom. The zero-order valence-electron chi connectivity index (χ0n) is 13.6. The average molecular weight is 327 g/mol. The number of hydrogen-bond acceptors (Lipinski definition) is 4. The van der Waals surface area contributed by atoms with Crippen LogP contribution in [-0.2, 0) is 4.74 Å². The molecule has 1 saturated heterocycles. The number of nitrogens with zero attached hydrogens (tertiary/aromatic N) is 2. The van der Waals surface area contributed by atoms with Crippen LogP contribution >= 0.6 is 0 Å². The van der Waals surface area contributed by atoms with Crippen molar-refractivity contribution in [3.63, 3.8) is 0 Å². The van der Waals surface area contributed by atoms with Crippen molar-refractivity contribution in [2.45, 2.75) is 37.5 Å². The minimum Gasteiger partial charge on any atom is -0.481 e. The molecular formula is C18H21N3O3. The molecule has 1 aliphatic heterocycles. The van der Waals surface area contributed by atoms with E-state index < -0.39 is 0 Å². The normalized spacial score (nSPS) is 23.2. The molecule has 2 aromatic heterocycles. The summed E-state index contributed by atoms with van der Waals surface area (Å²) in [4.78, 5) is 16.9. The van der Waals surface area contributed by atoms with Crippen LogP contribution in [0.15, 0.2) is 36.7 Å². The number of aromatic nitrogens is 2. The molecule has 2 fully saturated rings. The van der Waals surface area contributed by atoms with Gasteiger partial charge >= 0.3 is 0 Å². The smallest absolute Gasteiger partial charge is 0.268 e. The number of ether oxygens (including phenoxy) is 2. The molecule has 0 unspecified atom stereocenters. The van der Waals surface area contributed by atoms with Crippen molar-refractivity contribution < 1.29 is 14.3 Å². The highest BCUT2D eigenvalue weighted by Crippen LogP contribution is 2.36. The minimum absolute atomic E-state index is 0.0335. The molecule has 1 saturated carbocycles. The van der Waals surface area contributed by atoms with Crippen molar-refractivity contribution in [2.75, 3.05) is 13.7 Å². The third kappa shape index (κ3) is 2.89. The minimum atomic E-state index is -0.170. The molecule has 0 radical (unpaired) electrons. The number of rotatable bonds is 5. The molecule has 2 aromatic rings. The largest absolute Gasteiger partial charge is 0.481 e. The van der Waals surface area contributed by atoms with Crippen molar-refractivity contribution in [2.24, 2.45) is 0 Å². The van der Waals surface area contributed by atoms with Gasteiger partial charge in [-0.15, -0.1) is 0 Å². The number of carbonyl (C=O) groups excluding carboxylic acids is 1. The van der Waals surface area contributed by atoms with E-state index in [4.69, 9.17) is 9.47 Å². The van der Waals surface area contributed by atoms with Gasteiger partial charge in [0.25, 0.3) is 5.91 Å². The van der Waals surface area contributed by atoms with Crippen LogP contribution in [0.5, 0.6) is 5.88 Å². The Balaban J connectivity index is 1.48. The first-order chi connectivity index (χ1) is 11.8. The Morgan fingerprint density at radius 2 is 2.21 bits per heavy atom. The first-order valence-corrected chi connectivity index (χ1v) is 8.35. The summed E-state index contributed by atoms with van der Waals surface area (Å²) >= 11 is 0. The Hall–Kier alpha value is -2.34. The molecule has 1 N–H and O–H groups in total. The molecule has 4 rings (SSSR count). The van der Waals surface area contributed by atoms with Crippen LogP contribution in [0, 0.1) is 0 Å². The molecule has 0 bridgehead atoms. The molecular weight excluding hydrogens is 306 g/mol. The van der Waals surface area contributed by atoms with Crippen LogP contribution in [0.4, 0.5) is 0 Å². The number of nitrogens with one attached hydrogen (secondary N) is 1. The maximum absolute atomic E-state index is 12.7. The van der Waals surface area contributed by atoms with E-state index in [1.165, 1.54) is 0 Å². The average Bonchev–Trinajstić information content (AvgIpc) is 3.15. The number of methoxy groups -OCH3 is 1. The van der Waals surface area contributed by atoms with E-state index >= 15 is 0 Å². The molecule has 2 atom stereocenters. The van der Waals surface area contributed by atoms with E-state index in [1.807, 2.05) is 30.5 Å². The lowest BCUT2D eigenvalue weighted by Crippen LogP contribution is -2.37. The Bertz CT molecular complexity index is 721. The third-order valence-electron chi connectivity index (χ3n) is 4.66. The van der Waals surface area contributed by atoms with Gasteiger partial charge in [0.05, 0.1) is 13.2 Å². The van der Waals surface area contributed by atoms with E-state index in [1.54, 1.807) is 13.3 Å².